The first-order valence-corrected chi connectivity index (χ1v) is 7.92. The van der Waals surface area contributed by atoms with Gasteiger partial charge in [-0.2, -0.15) is 0 Å². The van der Waals surface area contributed by atoms with Gasteiger partial charge in [0.15, 0.2) is 5.13 Å². The molecule has 5 heteroatoms. The largest absolute Gasteiger partial charge is 0.298 e. The molecule has 0 aliphatic carbocycles. The molecule has 0 saturated heterocycles. The molecule has 3 rings (SSSR count). The Labute approximate surface area is 137 Å². The van der Waals surface area contributed by atoms with Gasteiger partial charge >= 0.3 is 0 Å². The second-order valence-electron chi connectivity index (χ2n) is 4.78. The second kappa shape index (κ2) is 6.30. The van der Waals surface area contributed by atoms with Gasteiger partial charge in [-0.15, -0.1) is 0 Å². The van der Waals surface area contributed by atoms with Crippen LogP contribution >= 0.6 is 22.9 Å². The molecule has 0 aliphatic rings. The van der Waals surface area contributed by atoms with Gasteiger partial charge < -0.3 is 0 Å². The average molecular weight is 329 g/mol. The third-order valence-electron chi connectivity index (χ3n) is 3.26. The molecule has 0 spiro atoms. The van der Waals surface area contributed by atoms with Crippen molar-refractivity contribution in [3.8, 4) is 10.4 Å². The van der Waals surface area contributed by atoms with Gasteiger partial charge in [0.05, 0.1) is 15.5 Å². The molecule has 1 aromatic heterocycles. The number of halogens is 1. The van der Waals surface area contributed by atoms with Gasteiger partial charge in [0.1, 0.15) is 0 Å². The Hall–Kier alpha value is -2.17. The van der Waals surface area contributed by atoms with Gasteiger partial charge in [0.2, 0.25) is 0 Å². The maximum absolute atomic E-state index is 12.2. The number of anilines is 1. The van der Waals surface area contributed by atoms with Crippen molar-refractivity contribution < 1.29 is 4.79 Å². The predicted molar refractivity (Wildman–Crippen MR) is 91.7 cm³/mol. The minimum Gasteiger partial charge on any atom is -0.298 e. The van der Waals surface area contributed by atoms with Gasteiger partial charge in [-0.25, -0.2) is 4.98 Å². The maximum atomic E-state index is 12.2. The minimum atomic E-state index is -0.253. The summed E-state index contributed by atoms with van der Waals surface area (Å²) in [5.74, 6) is -0.253. The van der Waals surface area contributed by atoms with Crippen molar-refractivity contribution in [1.82, 2.24) is 4.98 Å². The summed E-state index contributed by atoms with van der Waals surface area (Å²) in [5.41, 5.74) is 2.74. The Kier molecular flexibility index (Phi) is 4.22. The lowest BCUT2D eigenvalue weighted by molar-refractivity contribution is 0.102. The first-order valence-electron chi connectivity index (χ1n) is 6.73. The molecule has 0 fully saturated rings. The highest BCUT2D eigenvalue weighted by Crippen LogP contribution is 2.31. The Morgan fingerprint density at radius 1 is 1.14 bits per heavy atom. The molecule has 0 saturated carbocycles. The van der Waals surface area contributed by atoms with Crippen LogP contribution in [0.2, 0.25) is 5.02 Å². The molecule has 3 nitrogen and oxygen atoms in total. The number of aryl methyl sites for hydroxylation is 1. The number of thiazole rings is 1. The third-order valence-corrected chi connectivity index (χ3v) is 4.53. The van der Waals surface area contributed by atoms with E-state index in [4.69, 9.17) is 11.6 Å². The van der Waals surface area contributed by atoms with E-state index in [0.717, 1.165) is 10.4 Å². The van der Waals surface area contributed by atoms with Crippen molar-refractivity contribution in [2.45, 2.75) is 6.92 Å². The standard InChI is InChI=1S/C17H13ClN2OS/c1-11-6-2-3-7-12(11)15-10-19-17(22-15)20-16(21)13-8-4-5-9-14(13)18/h2-10H,1H3,(H,19,20,21). The van der Waals surface area contributed by atoms with Crippen molar-refractivity contribution in [2.75, 3.05) is 5.32 Å². The molecule has 22 heavy (non-hydrogen) atoms. The summed E-state index contributed by atoms with van der Waals surface area (Å²) in [6.45, 7) is 2.05. The summed E-state index contributed by atoms with van der Waals surface area (Å²) in [4.78, 5) is 17.5. The van der Waals surface area contributed by atoms with Crippen LogP contribution in [0.1, 0.15) is 15.9 Å². The number of rotatable bonds is 3. The van der Waals surface area contributed by atoms with Crippen molar-refractivity contribution in [3.05, 3.63) is 70.9 Å². The fourth-order valence-electron chi connectivity index (χ4n) is 2.12. The summed E-state index contributed by atoms with van der Waals surface area (Å²) in [5, 5.41) is 3.78. The fraction of sp³-hybridized carbons (Fsp3) is 0.0588. The summed E-state index contributed by atoms with van der Waals surface area (Å²) in [7, 11) is 0. The molecule has 110 valence electrons. The van der Waals surface area contributed by atoms with Gasteiger partial charge in [-0.3, -0.25) is 10.1 Å². The number of benzene rings is 2. The number of hydrogen-bond acceptors (Lipinski definition) is 3. The molecule has 0 bridgehead atoms. The van der Waals surface area contributed by atoms with Crippen LogP contribution in [0.25, 0.3) is 10.4 Å². The molecule has 1 amide bonds. The number of carbonyl (C=O) groups is 1. The molecule has 3 aromatic rings. The van der Waals surface area contributed by atoms with Crippen LogP contribution in [0.5, 0.6) is 0 Å². The quantitative estimate of drug-likeness (QED) is 0.733. The zero-order valence-electron chi connectivity index (χ0n) is 11.8. The number of carbonyl (C=O) groups excluding carboxylic acids is 1. The summed E-state index contributed by atoms with van der Waals surface area (Å²) < 4.78 is 0. The molecular formula is C17H13ClN2OS. The average Bonchev–Trinajstić information content (AvgIpc) is 2.96. The van der Waals surface area contributed by atoms with Crippen LogP contribution in [-0.2, 0) is 0 Å². The van der Waals surface area contributed by atoms with Crippen LogP contribution in [0.3, 0.4) is 0 Å². The molecule has 0 atom stereocenters. The van der Waals surface area contributed by atoms with Crippen molar-refractivity contribution in [2.24, 2.45) is 0 Å². The van der Waals surface area contributed by atoms with E-state index in [1.807, 2.05) is 18.2 Å². The number of nitrogens with one attached hydrogen (secondary N) is 1. The molecule has 1 N–H and O–H groups in total. The van der Waals surface area contributed by atoms with E-state index in [1.54, 1.807) is 30.5 Å². The van der Waals surface area contributed by atoms with Gasteiger partial charge in [-0.1, -0.05) is 59.3 Å². The highest BCUT2D eigenvalue weighted by molar-refractivity contribution is 7.19. The summed E-state index contributed by atoms with van der Waals surface area (Å²) in [6.07, 6.45) is 1.77. The molecule has 0 aliphatic heterocycles. The van der Waals surface area contributed by atoms with Crippen LogP contribution in [0.15, 0.2) is 54.7 Å². The Morgan fingerprint density at radius 2 is 1.86 bits per heavy atom. The van der Waals surface area contributed by atoms with Crippen molar-refractivity contribution in [1.29, 1.82) is 0 Å². The van der Waals surface area contributed by atoms with Gasteiger partial charge in [-0.05, 0) is 30.2 Å². The maximum Gasteiger partial charge on any atom is 0.258 e. The molecule has 1 heterocycles. The Bertz CT molecular complexity index is 829. The lowest BCUT2D eigenvalue weighted by atomic mass is 10.1. The highest BCUT2D eigenvalue weighted by atomic mass is 35.5. The first-order chi connectivity index (χ1) is 10.6. The normalized spacial score (nSPS) is 10.5. The first kappa shape index (κ1) is 14.8. The highest BCUT2D eigenvalue weighted by Gasteiger charge is 2.13. The smallest absolute Gasteiger partial charge is 0.258 e. The predicted octanol–water partition coefficient (Wildman–Crippen LogP) is 5.02. The Morgan fingerprint density at radius 3 is 2.64 bits per heavy atom. The van der Waals surface area contributed by atoms with E-state index in [9.17, 15) is 4.79 Å². The number of nitrogens with zero attached hydrogens (tertiary/aromatic N) is 1. The number of amides is 1. The molecule has 0 unspecified atom stereocenters. The topological polar surface area (TPSA) is 42.0 Å². The van der Waals surface area contributed by atoms with E-state index in [1.165, 1.54) is 16.9 Å². The lowest BCUT2D eigenvalue weighted by Gasteiger charge is -2.03. The molecule has 0 radical (unpaired) electrons. The second-order valence-corrected chi connectivity index (χ2v) is 6.22. The zero-order chi connectivity index (χ0) is 15.5. The lowest BCUT2D eigenvalue weighted by Crippen LogP contribution is -2.11. The fourth-order valence-corrected chi connectivity index (χ4v) is 3.24. The summed E-state index contributed by atoms with van der Waals surface area (Å²) >= 11 is 7.47. The molecular weight excluding hydrogens is 316 g/mol. The van der Waals surface area contributed by atoms with Crippen LogP contribution in [-0.4, -0.2) is 10.9 Å². The van der Waals surface area contributed by atoms with E-state index in [0.29, 0.717) is 15.7 Å². The zero-order valence-corrected chi connectivity index (χ0v) is 13.4. The van der Waals surface area contributed by atoms with Crippen LogP contribution in [0.4, 0.5) is 5.13 Å². The van der Waals surface area contributed by atoms with E-state index >= 15 is 0 Å². The Balaban J connectivity index is 1.82. The van der Waals surface area contributed by atoms with E-state index in [-0.39, 0.29) is 5.91 Å². The minimum absolute atomic E-state index is 0.253. The number of aromatic nitrogens is 1. The monoisotopic (exact) mass is 328 g/mol. The van der Waals surface area contributed by atoms with Crippen LogP contribution in [0, 0.1) is 6.92 Å². The van der Waals surface area contributed by atoms with Crippen molar-refractivity contribution in [3.63, 3.8) is 0 Å². The third kappa shape index (κ3) is 3.03. The van der Waals surface area contributed by atoms with Crippen molar-refractivity contribution >= 4 is 34.0 Å². The van der Waals surface area contributed by atoms with Gasteiger partial charge in [0.25, 0.3) is 5.91 Å². The van der Waals surface area contributed by atoms with E-state index in [2.05, 4.69) is 23.3 Å². The number of hydrogen-bond donors (Lipinski definition) is 1. The SMILES string of the molecule is Cc1ccccc1-c1cnc(NC(=O)c2ccccc2Cl)s1. The summed E-state index contributed by atoms with van der Waals surface area (Å²) in [6, 6.07) is 15.0. The van der Waals surface area contributed by atoms with Crippen LogP contribution < -0.4 is 5.32 Å². The molecule has 2 aromatic carbocycles. The van der Waals surface area contributed by atoms with Gasteiger partial charge in [0, 0.05) is 6.20 Å². The van der Waals surface area contributed by atoms with E-state index < -0.39 is 0 Å².